The van der Waals surface area contributed by atoms with Gasteiger partial charge in [0.1, 0.15) is 0 Å². The fraction of sp³-hybridized carbons (Fsp3) is 0.407. The number of nitrogens with two attached hydrogens (primary N) is 1. The summed E-state index contributed by atoms with van der Waals surface area (Å²) in [7, 11) is 0. The minimum absolute atomic E-state index is 0.0334. The number of nitrogens with one attached hydrogen (secondary N) is 1. The summed E-state index contributed by atoms with van der Waals surface area (Å²) in [5.41, 5.74) is 9.81. The Labute approximate surface area is 191 Å². The minimum Gasteiger partial charge on any atom is -0.369 e. The van der Waals surface area contributed by atoms with Crippen LogP contribution in [0.1, 0.15) is 50.3 Å². The van der Waals surface area contributed by atoms with Gasteiger partial charge in [-0.1, -0.05) is 57.2 Å². The Morgan fingerprint density at radius 2 is 1.66 bits per heavy atom. The number of hydrogen-bond acceptors (Lipinski definition) is 3. The van der Waals surface area contributed by atoms with Gasteiger partial charge in [-0.3, -0.25) is 9.59 Å². The van der Waals surface area contributed by atoms with Crippen molar-refractivity contribution in [3.63, 3.8) is 0 Å². The Morgan fingerprint density at radius 1 is 1.03 bits per heavy atom. The first-order chi connectivity index (χ1) is 15.2. The molecule has 2 amide bonds. The summed E-state index contributed by atoms with van der Waals surface area (Å²) in [4.78, 5) is 25.9. The highest BCUT2D eigenvalue weighted by molar-refractivity contribution is 6.01. The third-order valence-electron chi connectivity index (χ3n) is 6.13. The maximum absolute atomic E-state index is 12.3. The average Bonchev–Trinajstić information content (AvgIpc) is 2.77. The quantitative estimate of drug-likeness (QED) is 0.637. The van der Waals surface area contributed by atoms with Crippen LogP contribution in [0.15, 0.2) is 54.6 Å². The number of likely N-dealkylation sites (tertiary alicyclic amines) is 1. The molecule has 1 saturated heterocycles. The van der Waals surface area contributed by atoms with Gasteiger partial charge in [0.05, 0.1) is 0 Å². The van der Waals surface area contributed by atoms with Crippen LogP contribution in [0.4, 0.5) is 5.69 Å². The van der Waals surface area contributed by atoms with E-state index in [1.165, 1.54) is 11.1 Å². The zero-order valence-corrected chi connectivity index (χ0v) is 19.4. The van der Waals surface area contributed by atoms with Crippen LogP contribution in [0.25, 0.3) is 6.08 Å². The smallest absolute Gasteiger partial charge is 0.248 e. The summed E-state index contributed by atoms with van der Waals surface area (Å²) in [6, 6.07) is 16.3. The molecule has 0 aromatic heterocycles. The van der Waals surface area contributed by atoms with Crippen LogP contribution in [0.5, 0.6) is 0 Å². The lowest BCUT2D eigenvalue weighted by molar-refractivity contribution is -0.123. The molecule has 1 heterocycles. The van der Waals surface area contributed by atoms with E-state index in [1.54, 1.807) is 6.08 Å². The Balaban J connectivity index is 1.44. The van der Waals surface area contributed by atoms with Crippen molar-refractivity contribution in [1.29, 1.82) is 0 Å². The molecular formula is C27H35N3O2. The molecule has 3 rings (SSSR count). The van der Waals surface area contributed by atoms with Gasteiger partial charge in [0.15, 0.2) is 0 Å². The van der Waals surface area contributed by atoms with Crippen molar-refractivity contribution in [1.82, 2.24) is 4.90 Å². The van der Waals surface area contributed by atoms with Gasteiger partial charge >= 0.3 is 0 Å². The van der Waals surface area contributed by atoms with Crippen LogP contribution in [0.2, 0.25) is 0 Å². The van der Waals surface area contributed by atoms with E-state index < -0.39 is 0 Å². The lowest BCUT2D eigenvalue weighted by Crippen LogP contribution is -2.39. The molecule has 0 atom stereocenters. The molecule has 0 radical (unpaired) electrons. The number of anilines is 1. The van der Waals surface area contributed by atoms with Crippen molar-refractivity contribution in [2.75, 3.05) is 25.0 Å². The van der Waals surface area contributed by atoms with E-state index in [-0.39, 0.29) is 23.1 Å². The fourth-order valence-corrected chi connectivity index (χ4v) is 3.93. The second-order valence-electron chi connectivity index (χ2n) is 9.66. The highest BCUT2D eigenvalue weighted by Crippen LogP contribution is 2.22. The first-order valence-corrected chi connectivity index (χ1v) is 11.4. The number of nitrogens with zero attached hydrogens (tertiary/aromatic N) is 1. The van der Waals surface area contributed by atoms with Gasteiger partial charge < -0.3 is 16.0 Å². The molecule has 2 aromatic rings. The van der Waals surface area contributed by atoms with Gasteiger partial charge in [0.25, 0.3) is 0 Å². The van der Waals surface area contributed by atoms with Crippen molar-refractivity contribution in [2.45, 2.75) is 45.4 Å². The van der Waals surface area contributed by atoms with Crippen molar-refractivity contribution < 1.29 is 9.59 Å². The van der Waals surface area contributed by atoms with E-state index in [2.05, 4.69) is 55.3 Å². The summed E-state index contributed by atoms with van der Waals surface area (Å²) in [6.07, 6.45) is 6.05. The molecule has 170 valence electrons. The summed E-state index contributed by atoms with van der Waals surface area (Å²) in [5.74, 6) is -0.281. The lowest BCUT2D eigenvalue weighted by atomic mass is 9.87. The number of benzene rings is 2. The van der Waals surface area contributed by atoms with Crippen LogP contribution >= 0.6 is 0 Å². The Morgan fingerprint density at radius 3 is 2.22 bits per heavy atom. The predicted octanol–water partition coefficient (Wildman–Crippen LogP) is 4.38. The highest BCUT2D eigenvalue weighted by atomic mass is 16.1. The normalized spacial score (nSPS) is 15.7. The molecule has 0 aliphatic carbocycles. The lowest BCUT2D eigenvalue weighted by Gasteiger charge is -2.30. The van der Waals surface area contributed by atoms with E-state index in [0.717, 1.165) is 50.1 Å². The number of primary amides is 1. The molecule has 32 heavy (non-hydrogen) atoms. The van der Waals surface area contributed by atoms with Crippen molar-refractivity contribution in [2.24, 2.45) is 11.7 Å². The third kappa shape index (κ3) is 7.06. The third-order valence-corrected chi connectivity index (χ3v) is 6.13. The van der Waals surface area contributed by atoms with E-state index in [4.69, 9.17) is 5.73 Å². The number of rotatable bonds is 7. The van der Waals surface area contributed by atoms with Gasteiger partial charge in [-0.25, -0.2) is 0 Å². The van der Waals surface area contributed by atoms with Crippen LogP contribution < -0.4 is 11.1 Å². The van der Waals surface area contributed by atoms with Gasteiger partial charge in [0.2, 0.25) is 11.8 Å². The van der Waals surface area contributed by atoms with Gasteiger partial charge in [-0.15, -0.1) is 0 Å². The summed E-state index contributed by atoms with van der Waals surface area (Å²) in [5, 5.41) is 2.92. The van der Waals surface area contributed by atoms with Crippen LogP contribution in [-0.4, -0.2) is 36.3 Å². The summed E-state index contributed by atoms with van der Waals surface area (Å²) >= 11 is 0. The van der Waals surface area contributed by atoms with Gasteiger partial charge in [0, 0.05) is 24.2 Å². The van der Waals surface area contributed by atoms with E-state index in [9.17, 15) is 9.59 Å². The minimum atomic E-state index is -0.171. The predicted molar refractivity (Wildman–Crippen MR) is 131 cm³/mol. The standard InChI is InChI=1S/C27H35N3O2/c1-27(2,3)23-9-4-20(5-10-23)8-13-25(31)29-24-11-6-21(7-12-24)14-17-30-18-15-22(16-19-30)26(28)32/h4-13,22H,14-19H2,1-3H3,(H2,28,32)(H,29,31)/b13-8+. The molecule has 1 fully saturated rings. The first-order valence-electron chi connectivity index (χ1n) is 11.4. The Kier molecular flexibility index (Phi) is 7.86. The number of amides is 2. The van der Waals surface area contributed by atoms with Crippen molar-refractivity contribution >= 4 is 23.6 Å². The van der Waals surface area contributed by atoms with Crippen molar-refractivity contribution in [3.05, 3.63) is 71.3 Å². The second kappa shape index (κ2) is 10.6. The maximum Gasteiger partial charge on any atom is 0.248 e. The maximum atomic E-state index is 12.3. The van der Waals surface area contributed by atoms with Crippen LogP contribution in [-0.2, 0) is 21.4 Å². The zero-order valence-electron chi connectivity index (χ0n) is 19.4. The fourth-order valence-electron chi connectivity index (χ4n) is 3.93. The molecule has 3 N–H and O–H groups in total. The first kappa shape index (κ1) is 23.7. The number of carbonyl (C=O) groups is 2. The summed E-state index contributed by atoms with van der Waals surface area (Å²) < 4.78 is 0. The molecule has 1 aliphatic rings. The molecule has 0 unspecified atom stereocenters. The van der Waals surface area contributed by atoms with E-state index in [1.807, 2.05) is 30.3 Å². The van der Waals surface area contributed by atoms with E-state index in [0.29, 0.717) is 0 Å². The number of hydrogen-bond donors (Lipinski definition) is 2. The molecule has 5 nitrogen and oxygen atoms in total. The largest absolute Gasteiger partial charge is 0.369 e. The molecular weight excluding hydrogens is 398 g/mol. The van der Waals surface area contributed by atoms with Crippen molar-refractivity contribution in [3.8, 4) is 0 Å². The average molecular weight is 434 g/mol. The SMILES string of the molecule is CC(C)(C)c1ccc(/C=C/C(=O)Nc2ccc(CCN3CCC(C(N)=O)CC3)cc2)cc1. The Bertz CT molecular complexity index is 932. The molecule has 1 aliphatic heterocycles. The monoisotopic (exact) mass is 433 g/mol. The molecule has 0 spiro atoms. The highest BCUT2D eigenvalue weighted by Gasteiger charge is 2.22. The molecule has 2 aromatic carbocycles. The molecule has 0 bridgehead atoms. The van der Waals surface area contributed by atoms with Crippen LogP contribution in [0.3, 0.4) is 0 Å². The molecule has 0 saturated carbocycles. The van der Waals surface area contributed by atoms with Crippen LogP contribution in [0, 0.1) is 5.92 Å². The van der Waals surface area contributed by atoms with Gasteiger partial charge in [-0.05, 0) is 72.7 Å². The number of carbonyl (C=O) groups excluding carboxylic acids is 2. The second-order valence-corrected chi connectivity index (χ2v) is 9.66. The zero-order chi connectivity index (χ0) is 23.1. The summed E-state index contributed by atoms with van der Waals surface area (Å²) in [6.45, 7) is 9.37. The number of piperidine rings is 1. The van der Waals surface area contributed by atoms with E-state index >= 15 is 0 Å². The molecule has 5 heteroatoms. The Hall–Kier alpha value is -2.92. The topological polar surface area (TPSA) is 75.4 Å². The van der Waals surface area contributed by atoms with Gasteiger partial charge in [-0.2, -0.15) is 0 Å².